The molecule has 0 aromatic carbocycles. The van der Waals surface area contributed by atoms with E-state index in [1.807, 2.05) is 14.1 Å². The molecule has 26 heavy (non-hydrogen) atoms. The molecular weight excluding hydrogens is 336 g/mol. The van der Waals surface area contributed by atoms with E-state index in [1.165, 1.54) is 10.6 Å². The molecule has 0 saturated carbocycles. The number of amides is 2. The smallest absolute Gasteiger partial charge is 0.250 e. The fraction of sp³-hybridized carbons (Fsp3) is 0.611. The van der Waals surface area contributed by atoms with E-state index in [0.717, 1.165) is 0 Å². The summed E-state index contributed by atoms with van der Waals surface area (Å²) in [5.41, 5.74) is -0.524. The van der Waals surface area contributed by atoms with Crippen LogP contribution in [0.3, 0.4) is 0 Å². The van der Waals surface area contributed by atoms with Crippen LogP contribution in [0.25, 0.3) is 0 Å². The van der Waals surface area contributed by atoms with Crippen LogP contribution in [0.15, 0.2) is 29.2 Å². The second-order valence-electron chi connectivity index (χ2n) is 7.53. The van der Waals surface area contributed by atoms with E-state index in [1.54, 1.807) is 35.2 Å². The highest BCUT2D eigenvalue weighted by Gasteiger charge is 2.51. The van der Waals surface area contributed by atoms with E-state index in [4.69, 9.17) is 4.74 Å². The summed E-state index contributed by atoms with van der Waals surface area (Å²) in [6.45, 7) is 2.13. The average Bonchev–Trinajstić information content (AvgIpc) is 2.89. The van der Waals surface area contributed by atoms with Crippen LogP contribution in [0.2, 0.25) is 0 Å². The number of likely N-dealkylation sites (N-methyl/N-ethyl adjacent to an activating group) is 2. The minimum atomic E-state index is -0.332. The van der Waals surface area contributed by atoms with Crippen molar-refractivity contribution in [2.24, 2.45) is 5.41 Å². The Balaban J connectivity index is 1.80. The summed E-state index contributed by atoms with van der Waals surface area (Å²) in [4.78, 5) is 42.3. The van der Waals surface area contributed by atoms with Gasteiger partial charge in [-0.25, -0.2) is 0 Å². The van der Waals surface area contributed by atoms with Crippen molar-refractivity contribution in [3.05, 3.63) is 34.7 Å². The highest BCUT2D eigenvalue weighted by molar-refractivity contribution is 5.78. The molecule has 8 nitrogen and oxygen atoms in total. The van der Waals surface area contributed by atoms with Gasteiger partial charge in [-0.15, -0.1) is 0 Å². The molecule has 2 amide bonds. The molecule has 0 bridgehead atoms. The maximum Gasteiger partial charge on any atom is 0.250 e. The van der Waals surface area contributed by atoms with Crippen molar-refractivity contribution in [1.29, 1.82) is 0 Å². The topological polar surface area (TPSA) is 75.1 Å². The summed E-state index contributed by atoms with van der Waals surface area (Å²) in [5, 5.41) is 0. The molecule has 142 valence electrons. The molecule has 2 aliphatic heterocycles. The van der Waals surface area contributed by atoms with Crippen LogP contribution in [0.5, 0.6) is 0 Å². The Morgan fingerprint density at radius 3 is 2.77 bits per heavy atom. The molecule has 0 N–H and O–H groups in total. The van der Waals surface area contributed by atoms with Crippen LogP contribution < -0.4 is 5.56 Å². The third-order valence-corrected chi connectivity index (χ3v) is 5.38. The lowest BCUT2D eigenvalue weighted by Gasteiger charge is -2.37. The highest BCUT2D eigenvalue weighted by Crippen LogP contribution is 2.36. The predicted octanol–water partition coefficient (Wildman–Crippen LogP) is -0.904. The summed E-state index contributed by atoms with van der Waals surface area (Å²) in [6.07, 6.45) is 1.62. The third-order valence-electron chi connectivity index (χ3n) is 5.38. The van der Waals surface area contributed by atoms with E-state index in [2.05, 4.69) is 4.90 Å². The third kappa shape index (κ3) is 3.52. The average molecular weight is 362 g/mol. The first-order valence-electron chi connectivity index (χ1n) is 8.74. The van der Waals surface area contributed by atoms with Gasteiger partial charge in [0.25, 0.3) is 5.56 Å². The Bertz CT molecular complexity index is 747. The fourth-order valence-electron chi connectivity index (χ4n) is 4.05. The van der Waals surface area contributed by atoms with E-state index < -0.39 is 0 Å². The van der Waals surface area contributed by atoms with Crippen LogP contribution in [0.4, 0.5) is 0 Å². The standard InChI is InChI=1S/C18H26N4O4/c1-19(2)14-8-22(16(24)9-21-7-5-4-6-15(21)23)12-18(14)11-20(3)17(25)10-26-13-18/h4-7,14H,8-13H2,1-3H3/t14-,18-/m1/s1. The van der Waals surface area contributed by atoms with Gasteiger partial charge in [-0.2, -0.15) is 0 Å². The molecule has 1 aromatic heterocycles. The minimum Gasteiger partial charge on any atom is -0.371 e. The van der Waals surface area contributed by atoms with Gasteiger partial charge >= 0.3 is 0 Å². The van der Waals surface area contributed by atoms with Crippen LogP contribution in [0, 0.1) is 5.41 Å². The number of aromatic nitrogens is 1. The molecular formula is C18H26N4O4. The van der Waals surface area contributed by atoms with Gasteiger partial charge < -0.3 is 24.0 Å². The minimum absolute atomic E-state index is 0.0194. The maximum absolute atomic E-state index is 12.8. The van der Waals surface area contributed by atoms with Crippen LogP contribution in [-0.4, -0.2) is 91.1 Å². The zero-order chi connectivity index (χ0) is 18.9. The van der Waals surface area contributed by atoms with Gasteiger partial charge in [0.15, 0.2) is 0 Å². The SMILES string of the molecule is CN1C[C@]2(COCC1=O)CN(C(=O)Cn1ccccc1=O)C[C@H]2N(C)C. The summed E-state index contributed by atoms with van der Waals surface area (Å²) in [6, 6.07) is 4.92. The first-order chi connectivity index (χ1) is 12.3. The molecule has 0 unspecified atom stereocenters. The van der Waals surface area contributed by atoms with Crippen molar-refractivity contribution < 1.29 is 14.3 Å². The lowest BCUT2D eigenvalue weighted by atomic mass is 9.82. The van der Waals surface area contributed by atoms with Gasteiger partial charge in [-0.1, -0.05) is 6.07 Å². The molecule has 0 aliphatic carbocycles. The lowest BCUT2D eigenvalue weighted by molar-refractivity contribution is -0.132. The summed E-state index contributed by atoms with van der Waals surface area (Å²) >= 11 is 0. The van der Waals surface area contributed by atoms with Crippen LogP contribution in [0.1, 0.15) is 0 Å². The largest absolute Gasteiger partial charge is 0.371 e. The second-order valence-corrected chi connectivity index (χ2v) is 7.53. The van der Waals surface area contributed by atoms with Gasteiger partial charge in [0.1, 0.15) is 13.2 Å². The first-order valence-corrected chi connectivity index (χ1v) is 8.74. The Labute approximate surface area is 152 Å². The Hall–Kier alpha value is -2.19. The first kappa shape index (κ1) is 18.6. The Morgan fingerprint density at radius 2 is 2.08 bits per heavy atom. The monoisotopic (exact) mass is 362 g/mol. The molecule has 2 atom stereocenters. The second kappa shape index (κ2) is 7.20. The molecule has 1 spiro atoms. The summed E-state index contributed by atoms with van der Waals surface area (Å²) in [5.74, 6) is -0.139. The number of ether oxygens (including phenoxy) is 1. The molecule has 1 aromatic rings. The van der Waals surface area contributed by atoms with E-state index >= 15 is 0 Å². The van der Waals surface area contributed by atoms with Crippen molar-refractivity contribution >= 4 is 11.8 Å². The van der Waals surface area contributed by atoms with Crippen LogP contribution >= 0.6 is 0 Å². The summed E-state index contributed by atoms with van der Waals surface area (Å²) < 4.78 is 7.06. The van der Waals surface area contributed by atoms with Crippen molar-refractivity contribution in [1.82, 2.24) is 19.3 Å². The molecule has 3 rings (SSSR count). The number of rotatable bonds is 3. The van der Waals surface area contributed by atoms with E-state index in [0.29, 0.717) is 26.2 Å². The van der Waals surface area contributed by atoms with Crippen LogP contribution in [-0.2, 0) is 20.9 Å². The fourth-order valence-corrected chi connectivity index (χ4v) is 4.05. The Kier molecular flexibility index (Phi) is 5.15. The van der Waals surface area contributed by atoms with E-state index in [-0.39, 0.29) is 42.0 Å². The Morgan fingerprint density at radius 1 is 1.31 bits per heavy atom. The van der Waals surface area contributed by atoms with Gasteiger partial charge in [-0.05, 0) is 20.2 Å². The van der Waals surface area contributed by atoms with E-state index in [9.17, 15) is 14.4 Å². The molecule has 8 heteroatoms. The predicted molar refractivity (Wildman–Crippen MR) is 95.6 cm³/mol. The summed E-state index contributed by atoms with van der Waals surface area (Å²) in [7, 11) is 5.74. The number of hydrogen-bond donors (Lipinski definition) is 0. The normalized spacial score (nSPS) is 26.6. The van der Waals surface area contributed by atoms with Crippen molar-refractivity contribution in [2.45, 2.75) is 12.6 Å². The highest BCUT2D eigenvalue weighted by atomic mass is 16.5. The zero-order valence-corrected chi connectivity index (χ0v) is 15.6. The van der Waals surface area contributed by atoms with Gasteiger partial charge in [0.05, 0.1) is 6.61 Å². The molecule has 2 saturated heterocycles. The van der Waals surface area contributed by atoms with Crippen molar-refractivity contribution in [2.75, 3.05) is 54.0 Å². The number of carbonyl (C=O) groups is 2. The van der Waals surface area contributed by atoms with Gasteiger partial charge in [0, 0.05) is 50.4 Å². The maximum atomic E-state index is 12.8. The van der Waals surface area contributed by atoms with Crippen molar-refractivity contribution in [3.8, 4) is 0 Å². The number of likely N-dealkylation sites (tertiary alicyclic amines) is 1. The molecule has 3 heterocycles. The number of hydrogen-bond acceptors (Lipinski definition) is 5. The van der Waals surface area contributed by atoms with Crippen molar-refractivity contribution in [3.63, 3.8) is 0 Å². The molecule has 0 radical (unpaired) electrons. The number of nitrogens with zero attached hydrogens (tertiary/aromatic N) is 4. The van der Waals surface area contributed by atoms with Gasteiger partial charge in [0.2, 0.25) is 11.8 Å². The number of carbonyl (C=O) groups excluding carboxylic acids is 2. The number of pyridine rings is 1. The molecule has 2 aliphatic rings. The zero-order valence-electron chi connectivity index (χ0n) is 15.6. The quantitative estimate of drug-likeness (QED) is 0.696. The molecule has 2 fully saturated rings. The van der Waals surface area contributed by atoms with Gasteiger partial charge in [-0.3, -0.25) is 14.4 Å². The lowest BCUT2D eigenvalue weighted by Crippen LogP contribution is -2.51.